The average molecular weight is 1390 g/mol. The van der Waals surface area contributed by atoms with E-state index >= 15 is 0 Å². The molecule has 2 bridgehead atoms. The van der Waals surface area contributed by atoms with Crippen molar-refractivity contribution >= 4 is 126 Å². The molecule has 0 spiro atoms. The van der Waals surface area contributed by atoms with Crippen LogP contribution in [-0.2, 0) is 80.0 Å². The van der Waals surface area contributed by atoms with Crippen LogP contribution in [0.1, 0.15) is 83.9 Å². The lowest BCUT2D eigenvalue weighted by Crippen LogP contribution is -2.61. The van der Waals surface area contributed by atoms with Gasteiger partial charge in [-0.05, 0) is 56.0 Å². The summed E-state index contributed by atoms with van der Waals surface area (Å²) in [5.74, 6) is -13.8. The third-order valence-corrected chi connectivity index (χ3v) is 20.2. The zero-order chi connectivity index (χ0) is 68.6. The van der Waals surface area contributed by atoms with Crippen LogP contribution in [0.4, 0.5) is 0 Å². The monoisotopic (exact) mass is 1390 g/mol. The number of unbranched alkanes of at least 4 members (excludes halogenated alkanes) is 1. The van der Waals surface area contributed by atoms with Gasteiger partial charge in [0.05, 0.1) is 25.5 Å². The first-order valence-electron chi connectivity index (χ1n) is 30.8. The van der Waals surface area contributed by atoms with Gasteiger partial charge >= 0.3 is 0 Å². The fourth-order valence-electron chi connectivity index (χ4n) is 10.3. The Bertz CT molecular complexity index is 3030. The van der Waals surface area contributed by atoms with Crippen LogP contribution < -0.4 is 75.3 Å². The number of benzene rings is 1. The number of nitrogens with zero attached hydrogens (tertiary/aromatic N) is 2. The number of primary amides is 1. The molecule has 1 aromatic carbocycles. The number of rotatable bonds is 18. The number of aromatic amines is 1. The number of carbonyl (C=O) groups is 14. The van der Waals surface area contributed by atoms with Crippen LogP contribution in [-0.4, -0.2) is 224 Å². The largest absolute Gasteiger partial charge is 0.391 e. The van der Waals surface area contributed by atoms with Gasteiger partial charge in [0, 0.05) is 67.1 Å². The Kier molecular flexibility index (Phi) is 30.0. The van der Waals surface area contributed by atoms with Crippen LogP contribution in [0.5, 0.6) is 0 Å². The number of carbonyl (C=O) groups excluding carboxylic acids is 14. The number of amides is 14. The second-order valence-corrected chi connectivity index (χ2v) is 28.9. The molecule has 2 aromatic rings. The minimum Gasteiger partial charge on any atom is -0.391 e. The van der Waals surface area contributed by atoms with Crippen LogP contribution in [0.15, 0.2) is 42.9 Å². The number of fused-ring (bicyclic) bond motifs is 6. The van der Waals surface area contributed by atoms with E-state index in [2.05, 4.69) is 73.8 Å². The van der Waals surface area contributed by atoms with Crippen molar-refractivity contribution in [2.24, 2.45) is 23.3 Å². The van der Waals surface area contributed by atoms with E-state index < -0.39 is 175 Å². The summed E-state index contributed by atoms with van der Waals surface area (Å²) in [6, 6.07) is -6.71. The van der Waals surface area contributed by atoms with Crippen LogP contribution in [0.2, 0.25) is 0 Å². The maximum Gasteiger partial charge on any atom is 0.246 e. The highest BCUT2D eigenvalue weighted by atomic mass is 33.1. The molecule has 94 heavy (non-hydrogen) atoms. The van der Waals surface area contributed by atoms with E-state index in [0.717, 1.165) is 48.1 Å². The quantitative estimate of drug-likeness (QED) is 0.0492. The molecule has 14 amide bonds. The van der Waals surface area contributed by atoms with Gasteiger partial charge in [-0.25, -0.2) is 4.98 Å². The van der Waals surface area contributed by atoms with Crippen molar-refractivity contribution in [2.75, 3.05) is 49.2 Å². The Hall–Kier alpha value is -7.67. The Labute approximate surface area is 558 Å². The lowest BCUT2D eigenvalue weighted by atomic mass is 10.0. The Morgan fingerprint density at radius 1 is 0.691 bits per heavy atom. The number of aliphatic hydroxyl groups is 1. The maximum atomic E-state index is 15.0. The summed E-state index contributed by atoms with van der Waals surface area (Å²) in [5.41, 5.74) is 12.6. The summed E-state index contributed by atoms with van der Waals surface area (Å²) in [6.07, 6.45) is 1.98. The van der Waals surface area contributed by atoms with E-state index in [1.54, 1.807) is 58.0 Å². The standard InChI is InChI=1S/C58H85N17O15S4/c1-29(2)16-36-52(84)72-41-26-94-92-25-40(50(82)63-21-45(78)66-37(17-31-10-6-5-7-11-31)53(85)67-34(51(83)68-36)12-8-9-15-59)71-55(87)42(73-57(89)47(30(3)4)74-46(79)22-62-49(81)35-13-14-44(77)65-35)27-93-91-24-39(48(60)80)70-56(88)43-19-33(76)23-75(43)58(90)38(69-54(41)86)18-32-20-61-28-64-32/h5-7,10-11,20,28-30,33-43,47,76H,8-9,12-19,21-27,59H2,1-4H3,(H2,60,80)(H,61,64)(H,62,81)(H,63,82)(H,65,77)(H,66,78)(H,67,85)(H,68,83)(H,69,86)(H,70,88)(H,71,87)(H,72,84)(H,73,89)(H,74,79)/t33-,34+,35+,36+,37+,38+,39+,40+,41+,42+,43+,47+/m1/s1. The molecule has 4 aliphatic rings. The molecule has 32 nitrogen and oxygen atoms in total. The zero-order valence-electron chi connectivity index (χ0n) is 52.5. The van der Waals surface area contributed by atoms with E-state index in [4.69, 9.17) is 11.5 Å². The van der Waals surface area contributed by atoms with Crippen molar-refractivity contribution in [3.63, 3.8) is 0 Å². The van der Waals surface area contributed by atoms with Crippen LogP contribution in [0.25, 0.3) is 0 Å². The second kappa shape index (κ2) is 37.4. The number of aliphatic hydroxyl groups excluding tert-OH is 1. The minimum atomic E-state index is -1.58. The molecule has 4 saturated heterocycles. The molecule has 36 heteroatoms. The molecule has 0 radical (unpaired) electrons. The first-order chi connectivity index (χ1) is 44.8. The number of imidazole rings is 1. The third kappa shape index (κ3) is 23.7. The molecule has 0 unspecified atom stereocenters. The molecule has 0 aliphatic carbocycles. The first kappa shape index (κ1) is 75.4. The van der Waals surface area contributed by atoms with Crippen molar-refractivity contribution in [1.82, 2.24) is 78.7 Å². The number of nitrogens with two attached hydrogens (primary N) is 2. The molecule has 0 saturated carbocycles. The number of nitrogens with one attached hydrogen (secondary N) is 13. The van der Waals surface area contributed by atoms with E-state index in [-0.39, 0.29) is 86.3 Å². The second-order valence-electron chi connectivity index (χ2n) is 23.8. The third-order valence-electron chi connectivity index (χ3n) is 15.4. The highest BCUT2D eigenvalue weighted by molar-refractivity contribution is 8.77. The number of hydrogen-bond donors (Lipinski definition) is 16. The topological polar surface area (TPSA) is 488 Å². The highest BCUT2D eigenvalue weighted by Gasteiger charge is 2.44. The van der Waals surface area contributed by atoms with Gasteiger partial charge < -0.3 is 90.3 Å². The SMILES string of the molecule is CC(C)C[C@@H]1NC(=O)[C@H](CCCCN)NC(=O)[C@H](Cc2ccccc2)NC(=O)CNC(=O)[C@@H]2CSSC[C@H](NC1=O)C(=O)N[C@@H](Cc1cnc[nH]1)C(=O)N1C[C@H](O)C[C@H]1C(=O)N[C@H](C(N)=O)CSSC[C@H](NC(=O)[C@@H](NC(=O)CNC(=O)[C@@H]1CCC(=O)N1)C(C)C)C(=O)N2. The average Bonchev–Trinajstić information content (AvgIpc) is 1.66. The molecule has 12 atom stereocenters. The highest BCUT2D eigenvalue weighted by Crippen LogP contribution is 2.27. The Balaban J connectivity index is 1.40. The summed E-state index contributed by atoms with van der Waals surface area (Å²) in [6.45, 7) is 5.26. The molecule has 6 rings (SSSR count). The van der Waals surface area contributed by atoms with Gasteiger partial charge in [-0.15, -0.1) is 0 Å². The summed E-state index contributed by atoms with van der Waals surface area (Å²) in [7, 11) is 3.71. The van der Waals surface area contributed by atoms with Gasteiger partial charge in [-0.2, -0.15) is 0 Å². The number of hydrogen-bond acceptors (Lipinski definition) is 21. The smallest absolute Gasteiger partial charge is 0.246 e. The molecule has 516 valence electrons. The van der Waals surface area contributed by atoms with Gasteiger partial charge in [0.25, 0.3) is 0 Å². The Morgan fingerprint density at radius 3 is 1.99 bits per heavy atom. The van der Waals surface area contributed by atoms with Crippen molar-refractivity contribution in [2.45, 2.75) is 158 Å². The summed E-state index contributed by atoms with van der Waals surface area (Å²) in [4.78, 5) is 204. The molecule has 4 aliphatic heterocycles. The fourth-order valence-corrected chi connectivity index (χ4v) is 15.0. The number of H-pyrrole nitrogens is 1. The summed E-state index contributed by atoms with van der Waals surface area (Å²) >= 11 is 0. The van der Waals surface area contributed by atoms with Crippen molar-refractivity contribution < 1.29 is 72.2 Å². The van der Waals surface area contributed by atoms with Gasteiger partial charge in [0.1, 0.15) is 66.5 Å². The van der Waals surface area contributed by atoms with Gasteiger partial charge in [-0.1, -0.05) is 101 Å². The number of aromatic nitrogens is 2. The van der Waals surface area contributed by atoms with E-state index in [1.807, 2.05) is 0 Å². The molecule has 18 N–H and O–H groups in total. The maximum absolute atomic E-state index is 15.0. The van der Waals surface area contributed by atoms with E-state index in [1.165, 1.54) is 12.5 Å². The van der Waals surface area contributed by atoms with Crippen LogP contribution in [0.3, 0.4) is 0 Å². The molecule has 5 heterocycles. The summed E-state index contributed by atoms with van der Waals surface area (Å²) < 4.78 is 0. The summed E-state index contributed by atoms with van der Waals surface area (Å²) in [5, 5.41) is 42.4. The minimum absolute atomic E-state index is 0.00701. The zero-order valence-corrected chi connectivity index (χ0v) is 55.8. The predicted molar refractivity (Wildman–Crippen MR) is 349 cm³/mol. The van der Waals surface area contributed by atoms with Crippen LogP contribution >= 0.6 is 43.2 Å². The fraction of sp³-hybridized carbons (Fsp3) is 0.603. The van der Waals surface area contributed by atoms with Crippen molar-refractivity contribution in [3.8, 4) is 0 Å². The van der Waals surface area contributed by atoms with Gasteiger partial charge in [-0.3, -0.25) is 67.1 Å². The van der Waals surface area contributed by atoms with E-state index in [9.17, 15) is 72.2 Å². The van der Waals surface area contributed by atoms with Crippen molar-refractivity contribution in [1.29, 1.82) is 0 Å². The van der Waals surface area contributed by atoms with Crippen LogP contribution in [0, 0.1) is 11.8 Å². The van der Waals surface area contributed by atoms with E-state index in [0.29, 0.717) is 24.1 Å². The van der Waals surface area contributed by atoms with Gasteiger partial charge in [0.2, 0.25) is 82.7 Å². The van der Waals surface area contributed by atoms with Crippen molar-refractivity contribution in [3.05, 3.63) is 54.1 Å². The predicted octanol–water partition coefficient (Wildman–Crippen LogP) is -4.86. The molecule has 4 fully saturated rings. The molecular weight excluding hydrogens is 1300 g/mol. The Morgan fingerprint density at radius 2 is 1.34 bits per heavy atom. The van der Waals surface area contributed by atoms with Gasteiger partial charge in [0.15, 0.2) is 0 Å². The normalized spacial score (nSPS) is 26.6. The first-order valence-corrected chi connectivity index (χ1v) is 35.8. The molecular formula is C58H85N17O15S4. The molecule has 1 aromatic heterocycles. The lowest BCUT2D eigenvalue weighted by molar-refractivity contribution is -0.142. The lowest BCUT2D eigenvalue weighted by Gasteiger charge is -2.31.